The van der Waals surface area contributed by atoms with Gasteiger partial charge in [0.15, 0.2) is 0 Å². The normalized spacial score (nSPS) is 16.4. The summed E-state index contributed by atoms with van der Waals surface area (Å²) in [6, 6.07) is 77.1. The summed E-state index contributed by atoms with van der Waals surface area (Å²) < 4.78 is 4.88. The fraction of sp³-hybridized carbons (Fsp3) is 0.0635. The van der Waals surface area contributed by atoms with Crippen molar-refractivity contribution < 1.29 is 0 Å². The number of fused-ring (bicyclic) bond motifs is 16. The molecule has 66 heavy (non-hydrogen) atoms. The first-order valence-corrected chi connectivity index (χ1v) is 23.0. The van der Waals surface area contributed by atoms with E-state index in [1.54, 1.807) is 0 Å². The summed E-state index contributed by atoms with van der Waals surface area (Å²) in [5.41, 5.74) is 21.6. The van der Waals surface area contributed by atoms with E-state index >= 15 is 0 Å². The predicted molar refractivity (Wildman–Crippen MR) is 272 cm³/mol. The number of hydrogen-bond acceptors (Lipinski definition) is 1. The lowest BCUT2D eigenvalue weighted by Gasteiger charge is -2.30. The van der Waals surface area contributed by atoms with Gasteiger partial charge in [0.25, 0.3) is 0 Å². The highest BCUT2D eigenvalue weighted by Crippen LogP contribution is 2.63. The molecule has 0 amide bonds. The highest BCUT2D eigenvalue weighted by Gasteiger charge is 2.51. The minimum absolute atomic E-state index is 0.0557. The first kappa shape index (κ1) is 37.0. The number of rotatable bonds is 4. The van der Waals surface area contributed by atoms with Gasteiger partial charge in [-0.1, -0.05) is 159 Å². The number of para-hydroxylation sites is 2. The van der Waals surface area contributed by atoms with Crippen LogP contribution in [-0.2, 0) is 5.41 Å². The Kier molecular flexibility index (Phi) is 7.72. The van der Waals surface area contributed by atoms with E-state index in [4.69, 9.17) is 0 Å². The first-order valence-electron chi connectivity index (χ1n) is 23.0. The van der Waals surface area contributed by atoms with Crippen LogP contribution < -0.4 is 0 Å². The highest BCUT2D eigenvalue weighted by molar-refractivity contribution is 6.13. The Balaban J connectivity index is 0.971. The van der Waals surface area contributed by atoms with Crippen molar-refractivity contribution in [2.45, 2.75) is 18.4 Å². The zero-order chi connectivity index (χ0) is 43.7. The SMILES string of the molecule is CC1C=C(C#N)C=CC1n1c2ccc(-c3ccc4c(c3)C3(c5ccccc5-c5ccccc53)c3ccccc3-4)cc2c2cc(-c3ccc4c(c3)c3ccccc3n4-c3ccccc3)ccc21. The molecule has 0 fully saturated rings. The van der Waals surface area contributed by atoms with Gasteiger partial charge in [-0.05, 0) is 139 Å². The van der Waals surface area contributed by atoms with Crippen molar-refractivity contribution in [2.24, 2.45) is 5.92 Å². The molecule has 3 heteroatoms. The summed E-state index contributed by atoms with van der Waals surface area (Å²) in [6.45, 7) is 2.23. The molecule has 9 aromatic carbocycles. The average molecular weight is 840 g/mol. The molecule has 308 valence electrons. The molecule has 11 aromatic rings. The summed E-state index contributed by atoms with van der Waals surface area (Å²) in [6.07, 6.45) is 6.32. The van der Waals surface area contributed by atoms with E-state index in [9.17, 15) is 5.26 Å². The molecule has 3 aliphatic carbocycles. The third-order valence-corrected chi connectivity index (χ3v) is 15.0. The lowest BCUT2D eigenvalue weighted by atomic mass is 9.70. The van der Waals surface area contributed by atoms with E-state index in [2.05, 4.69) is 234 Å². The van der Waals surface area contributed by atoms with Crippen molar-refractivity contribution in [3.63, 3.8) is 0 Å². The van der Waals surface area contributed by atoms with Crippen LogP contribution in [0.1, 0.15) is 35.2 Å². The Morgan fingerprint density at radius 1 is 0.439 bits per heavy atom. The molecule has 0 saturated carbocycles. The van der Waals surface area contributed by atoms with Crippen molar-refractivity contribution in [1.82, 2.24) is 9.13 Å². The Hall–Kier alpha value is -8.45. The molecule has 2 atom stereocenters. The second-order valence-electron chi connectivity index (χ2n) is 18.3. The highest BCUT2D eigenvalue weighted by atomic mass is 15.0. The number of hydrogen-bond donors (Lipinski definition) is 0. The van der Waals surface area contributed by atoms with Crippen molar-refractivity contribution >= 4 is 43.6 Å². The summed E-state index contributed by atoms with van der Waals surface area (Å²) in [5.74, 6) is 0.138. The van der Waals surface area contributed by atoms with Gasteiger partial charge in [0.05, 0.1) is 28.6 Å². The first-order chi connectivity index (χ1) is 32.6. The zero-order valence-corrected chi connectivity index (χ0v) is 36.3. The molecule has 2 aromatic heterocycles. The fourth-order valence-corrected chi connectivity index (χ4v) is 12.2. The van der Waals surface area contributed by atoms with Crippen LogP contribution in [0.5, 0.6) is 0 Å². The molecule has 2 unspecified atom stereocenters. The van der Waals surface area contributed by atoms with Crippen LogP contribution in [-0.4, -0.2) is 9.13 Å². The Morgan fingerprint density at radius 3 is 1.50 bits per heavy atom. The second kappa shape index (κ2) is 13.8. The van der Waals surface area contributed by atoms with Gasteiger partial charge in [-0.25, -0.2) is 0 Å². The largest absolute Gasteiger partial charge is 0.333 e. The van der Waals surface area contributed by atoms with Crippen LogP contribution in [0.2, 0.25) is 0 Å². The molecule has 0 aliphatic heterocycles. The lowest BCUT2D eigenvalue weighted by molar-refractivity contribution is 0.508. The van der Waals surface area contributed by atoms with E-state index < -0.39 is 5.41 Å². The minimum atomic E-state index is -0.405. The molecule has 3 aliphatic rings. The maximum atomic E-state index is 9.83. The molecular formula is C63H41N3. The number of nitrogens with zero attached hydrogens (tertiary/aromatic N) is 3. The fourth-order valence-electron chi connectivity index (χ4n) is 12.2. The third kappa shape index (κ3) is 4.96. The molecule has 0 bridgehead atoms. The summed E-state index contributed by atoms with van der Waals surface area (Å²) in [4.78, 5) is 0. The topological polar surface area (TPSA) is 33.6 Å². The molecule has 14 rings (SSSR count). The average Bonchev–Trinajstić information content (AvgIpc) is 4.08. The van der Waals surface area contributed by atoms with E-state index in [1.807, 2.05) is 6.08 Å². The van der Waals surface area contributed by atoms with Gasteiger partial charge in [0.2, 0.25) is 0 Å². The van der Waals surface area contributed by atoms with E-state index in [-0.39, 0.29) is 12.0 Å². The Morgan fingerprint density at radius 2 is 0.909 bits per heavy atom. The van der Waals surface area contributed by atoms with Gasteiger partial charge < -0.3 is 9.13 Å². The van der Waals surface area contributed by atoms with Crippen LogP contribution in [0.15, 0.2) is 224 Å². The molecule has 0 saturated heterocycles. The lowest BCUT2D eigenvalue weighted by Crippen LogP contribution is -2.25. The maximum Gasteiger partial charge on any atom is 0.0988 e. The van der Waals surface area contributed by atoms with Gasteiger partial charge in [0, 0.05) is 43.8 Å². The summed E-state index contributed by atoms with van der Waals surface area (Å²) in [7, 11) is 0. The van der Waals surface area contributed by atoms with E-state index in [0.29, 0.717) is 0 Å². The molecule has 0 N–H and O–H groups in total. The zero-order valence-electron chi connectivity index (χ0n) is 36.3. The molecule has 0 radical (unpaired) electrons. The second-order valence-corrected chi connectivity index (χ2v) is 18.3. The Labute approximate surface area is 383 Å². The van der Waals surface area contributed by atoms with Crippen LogP contribution in [0.4, 0.5) is 0 Å². The van der Waals surface area contributed by atoms with E-state index in [1.165, 1.54) is 110 Å². The van der Waals surface area contributed by atoms with Crippen LogP contribution in [0.3, 0.4) is 0 Å². The van der Waals surface area contributed by atoms with Crippen molar-refractivity contribution in [3.8, 4) is 56.3 Å². The molecule has 3 nitrogen and oxygen atoms in total. The Bertz CT molecular complexity index is 3920. The van der Waals surface area contributed by atoms with Crippen LogP contribution in [0, 0.1) is 17.2 Å². The van der Waals surface area contributed by atoms with Crippen LogP contribution >= 0.6 is 0 Å². The quantitative estimate of drug-likeness (QED) is 0.174. The van der Waals surface area contributed by atoms with Gasteiger partial charge in [0.1, 0.15) is 0 Å². The number of aromatic nitrogens is 2. The number of benzene rings is 9. The maximum absolute atomic E-state index is 9.83. The van der Waals surface area contributed by atoms with Gasteiger partial charge in [-0.2, -0.15) is 5.26 Å². The van der Waals surface area contributed by atoms with E-state index in [0.717, 1.165) is 11.3 Å². The third-order valence-electron chi connectivity index (χ3n) is 15.0. The monoisotopic (exact) mass is 839 g/mol. The summed E-state index contributed by atoms with van der Waals surface area (Å²) >= 11 is 0. The molecule has 2 heterocycles. The number of allylic oxidation sites excluding steroid dienone is 4. The standard InChI is InChI=1S/C63H41N3/c1-39-33-40(38-64)23-29-58(39)66-61-31-26-42(41-25-30-60-51(34-41)50-18-8-12-22-59(50)65(60)45-13-3-2-4-14-45)35-52(61)53-36-43(27-32-62(53)66)44-24-28-49-48-17-7-11-21-56(48)63(57(49)37-44)54-19-9-5-15-46(54)47-16-6-10-20-55(47)63/h2-37,39,58H,1H3. The summed E-state index contributed by atoms with van der Waals surface area (Å²) in [5, 5.41) is 14.7. The van der Waals surface area contributed by atoms with Gasteiger partial charge in [-0.15, -0.1) is 0 Å². The predicted octanol–water partition coefficient (Wildman–Crippen LogP) is 15.8. The van der Waals surface area contributed by atoms with Gasteiger partial charge >= 0.3 is 0 Å². The molecular weight excluding hydrogens is 799 g/mol. The number of nitriles is 1. The molecule has 1 spiro atoms. The van der Waals surface area contributed by atoms with Crippen LogP contribution in [0.25, 0.3) is 93.8 Å². The smallest absolute Gasteiger partial charge is 0.0988 e. The van der Waals surface area contributed by atoms with Crippen molar-refractivity contribution in [2.75, 3.05) is 0 Å². The van der Waals surface area contributed by atoms with Crippen molar-refractivity contribution in [1.29, 1.82) is 5.26 Å². The van der Waals surface area contributed by atoms with Crippen molar-refractivity contribution in [3.05, 3.63) is 246 Å². The van der Waals surface area contributed by atoms with Gasteiger partial charge in [-0.3, -0.25) is 0 Å². The minimum Gasteiger partial charge on any atom is -0.333 e.